The van der Waals surface area contributed by atoms with Crippen LogP contribution in [-0.2, 0) is 16.0 Å². The fourth-order valence-corrected chi connectivity index (χ4v) is 4.24. The van der Waals surface area contributed by atoms with Crippen LogP contribution in [0.4, 0.5) is 19.0 Å². The second-order valence-corrected chi connectivity index (χ2v) is 8.47. The smallest absolute Gasteiger partial charge is 0.354 e. The van der Waals surface area contributed by atoms with Gasteiger partial charge in [-0.15, -0.1) is 0 Å². The molecule has 5 nitrogen and oxygen atoms in total. The van der Waals surface area contributed by atoms with Gasteiger partial charge in [0.15, 0.2) is 9.84 Å². The predicted octanol–water partition coefficient (Wildman–Crippen LogP) is 2.70. The van der Waals surface area contributed by atoms with Gasteiger partial charge in [0.1, 0.15) is 5.82 Å². The van der Waals surface area contributed by atoms with Crippen LogP contribution in [0.2, 0.25) is 0 Å². The Morgan fingerprint density at radius 2 is 1.63 bits per heavy atom. The van der Waals surface area contributed by atoms with Crippen LogP contribution in [0, 0.1) is 0 Å². The lowest BCUT2D eigenvalue weighted by atomic mass is 10.2. The first-order valence-corrected chi connectivity index (χ1v) is 10.2. The van der Waals surface area contributed by atoms with Crippen LogP contribution in [0.3, 0.4) is 0 Å². The zero-order chi connectivity index (χ0) is 19.5. The second kappa shape index (κ2) is 7.85. The van der Waals surface area contributed by atoms with Gasteiger partial charge >= 0.3 is 6.18 Å². The topological polar surface area (TPSA) is 53.5 Å². The van der Waals surface area contributed by atoms with Gasteiger partial charge in [-0.3, -0.25) is 4.90 Å². The van der Waals surface area contributed by atoms with Crippen molar-refractivity contribution in [2.24, 2.45) is 0 Å². The third kappa shape index (κ3) is 4.98. The van der Waals surface area contributed by atoms with E-state index in [2.05, 4.69) is 4.98 Å². The fraction of sp³-hybridized carbons (Fsp3) is 0.389. The molecule has 0 N–H and O–H groups in total. The van der Waals surface area contributed by atoms with Gasteiger partial charge in [-0.1, -0.05) is 18.2 Å². The van der Waals surface area contributed by atoms with E-state index in [1.54, 1.807) is 30.3 Å². The molecule has 0 aliphatic carbocycles. The molecule has 1 fully saturated rings. The number of rotatable bonds is 5. The third-order valence-electron chi connectivity index (χ3n) is 4.55. The molecule has 1 aromatic heterocycles. The van der Waals surface area contributed by atoms with E-state index in [1.807, 2.05) is 9.80 Å². The van der Waals surface area contributed by atoms with Gasteiger partial charge < -0.3 is 4.90 Å². The maximum absolute atomic E-state index is 12.6. The summed E-state index contributed by atoms with van der Waals surface area (Å²) in [6.07, 6.45) is -3.55. The number of hydrogen-bond donors (Lipinski definition) is 0. The number of halogens is 3. The lowest BCUT2D eigenvalue weighted by Crippen LogP contribution is -2.47. The Morgan fingerprint density at radius 1 is 0.963 bits per heavy atom. The minimum atomic E-state index is -4.39. The molecule has 3 rings (SSSR count). The van der Waals surface area contributed by atoms with Crippen molar-refractivity contribution in [2.75, 3.05) is 43.4 Å². The molecule has 0 radical (unpaired) electrons. The Kier molecular flexibility index (Phi) is 5.71. The molecular weight excluding hydrogens is 379 g/mol. The average molecular weight is 399 g/mol. The standard InChI is InChI=1S/C18H20F3N3O2S/c19-18(20,21)15-6-7-17(22-14-15)24-10-8-23(9-11-24)12-13-27(25,26)16-4-2-1-3-5-16/h1-7,14H,8-13H2. The molecule has 0 bridgehead atoms. The van der Waals surface area contributed by atoms with Crippen molar-refractivity contribution < 1.29 is 21.6 Å². The quantitative estimate of drug-likeness (QED) is 0.774. The summed E-state index contributed by atoms with van der Waals surface area (Å²) in [6.45, 7) is 2.86. The molecule has 146 valence electrons. The number of pyridine rings is 1. The summed E-state index contributed by atoms with van der Waals surface area (Å²) in [5, 5.41) is 0. The molecule has 1 saturated heterocycles. The van der Waals surface area contributed by atoms with Gasteiger partial charge in [0, 0.05) is 38.9 Å². The van der Waals surface area contributed by atoms with E-state index >= 15 is 0 Å². The Morgan fingerprint density at radius 3 is 2.19 bits per heavy atom. The number of aromatic nitrogens is 1. The SMILES string of the molecule is O=S(=O)(CCN1CCN(c2ccc(C(F)(F)F)cn2)CC1)c1ccccc1. The first-order chi connectivity index (χ1) is 12.8. The number of sulfone groups is 1. The zero-order valence-electron chi connectivity index (χ0n) is 14.6. The maximum Gasteiger partial charge on any atom is 0.417 e. The minimum absolute atomic E-state index is 0.0372. The molecule has 1 aliphatic rings. The van der Waals surface area contributed by atoms with Crippen molar-refractivity contribution in [3.63, 3.8) is 0 Å². The molecule has 0 amide bonds. The van der Waals surface area contributed by atoms with E-state index in [1.165, 1.54) is 6.07 Å². The van der Waals surface area contributed by atoms with Crippen LogP contribution >= 0.6 is 0 Å². The number of nitrogens with zero attached hydrogens (tertiary/aromatic N) is 3. The van der Waals surface area contributed by atoms with Gasteiger partial charge in [-0.2, -0.15) is 13.2 Å². The summed E-state index contributed by atoms with van der Waals surface area (Å²) in [6, 6.07) is 10.7. The lowest BCUT2D eigenvalue weighted by molar-refractivity contribution is -0.137. The molecule has 0 saturated carbocycles. The Labute approximate surface area is 156 Å². The third-order valence-corrected chi connectivity index (χ3v) is 6.26. The number of benzene rings is 1. The van der Waals surface area contributed by atoms with E-state index in [-0.39, 0.29) is 5.75 Å². The number of anilines is 1. The summed E-state index contributed by atoms with van der Waals surface area (Å²) in [7, 11) is -3.32. The van der Waals surface area contributed by atoms with Crippen LogP contribution in [-0.4, -0.2) is 56.8 Å². The first-order valence-electron chi connectivity index (χ1n) is 8.54. The summed E-state index contributed by atoms with van der Waals surface area (Å²) in [5.41, 5.74) is -0.768. The summed E-state index contributed by atoms with van der Waals surface area (Å²) in [5.74, 6) is 0.537. The largest absolute Gasteiger partial charge is 0.417 e. The highest BCUT2D eigenvalue weighted by Gasteiger charge is 2.31. The lowest BCUT2D eigenvalue weighted by Gasteiger charge is -2.35. The Bertz CT molecular complexity index is 848. The van der Waals surface area contributed by atoms with Crippen molar-refractivity contribution in [2.45, 2.75) is 11.1 Å². The van der Waals surface area contributed by atoms with Crippen molar-refractivity contribution >= 4 is 15.7 Å². The zero-order valence-corrected chi connectivity index (χ0v) is 15.4. The minimum Gasteiger partial charge on any atom is -0.354 e. The van der Waals surface area contributed by atoms with E-state index in [0.717, 1.165) is 12.3 Å². The van der Waals surface area contributed by atoms with Gasteiger partial charge in [-0.25, -0.2) is 13.4 Å². The number of hydrogen-bond acceptors (Lipinski definition) is 5. The molecule has 1 aromatic carbocycles. The molecule has 1 aliphatic heterocycles. The van der Waals surface area contributed by atoms with Crippen molar-refractivity contribution in [3.8, 4) is 0 Å². The molecule has 2 aromatic rings. The summed E-state index contributed by atoms with van der Waals surface area (Å²) < 4.78 is 62.5. The Hall–Kier alpha value is -2.13. The average Bonchev–Trinajstić information content (AvgIpc) is 2.67. The van der Waals surface area contributed by atoms with Crippen LogP contribution in [0.15, 0.2) is 53.6 Å². The van der Waals surface area contributed by atoms with Crippen molar-refractivity contribution in [1.29, 1.82) is 0 Å². The highest BCUT2D eigenvalue weighted by molar-refractivity contribution is 7.91. The van der Waals surface area contributed by atoms with Crippen molar-refractivity contribution in [1.82, 2.24) is 9.88 Å². The van der Waals surface area contributed by atoms with Crippen LogP contribution in [0.5, 0.6) is 0 Å². The summed E-state index contributed by atoms with van der Waals surface area (Å²) >= 11 is 0. The molecule has 0 unspecified atom stereocenters. The van der Waals surface area contributed by atoms with Gasteiger partial charge in [0.05, 0.1) is 16.2 Å². The van der Waals surface area contributed by atoms with Gasteiger partial charge in [0.25, 0.3) is 0 Å². The molecule has 27 heavy (non-hydrogen) atoms. The second-order valence-electron chi connectivity index (χ2n) is 6.36. The fourth-order valence-electron chi connectivity index (χ4n) is 2.94. The molecule has 0 spiro atoms. The monoisotopic (exact) mass is 399 g/mol. The maximum atomic E-state index is 12.6. The number of piperazine rings is 1. The normalized spacial score (nSPS) is 16.5. The molecular formula is C18H20F3N3O2S. The van der Waals surface area contributed by atoms with Crippen molar-refractivity contribution in [3.05, 3.63) is 54.2 Å². The van der Waals surface area contributed by atoms with E-state index < -0.39 is 21.6 Å². The van der Waals surface area contributed by atoms with Crippen LogP contribution in [0.25, 0.3) is 0 Å². The van der Waals surface area contributed by atoms with Crippen LogP contribution < -0.4 is 4.90 Å². The number of alkyl halides is 3. The van der Waals surface area contributed by atoms with E-state index in [0.29, 0.717) is 43.4 Å². The molecule has 0 atom stereocenters. The predicted molar refractivity (Wildman–Crippen MR) is 96.4 cm³/mol. The highest BCUT2D eigenvalue weighted by atomic mass is 32.2. The molecule has 9 heteroatoms. The first kappa shape index (κ1) is 19.6. The van der Waals surface area contributed by atoms with E-state index in [9.17, 15) is 21.6 Å². The van der Waals surface area contributed by atoms with Gasteiger partial charge in [-0.05, 0) is 24.3 Å². The molecule has 2 heterocycles. The van der Waals surface area contributed by atoms with E-state index in [4.69, 9.17) is 0 Å². The van der Waals surface area contributed by atoms with Crippen LogP contribution in [0.1, 0.15) is 5.56 Å². The highest BCUT2D eigenvalue weighted by Crippen LogP contribution is 2.29. The Balaban J connectivity index is 1.52. The van der Waals surface area contributed by atoms with Gasteiger partial charge in [0.2, 0.25) is 0 Å². The summed E-state index contributed by atoms with van der Waals surface area (Å²) in [4.78, 5) is 8.18.